The summed E-state index contributed by atoms with van der Waals surface area (Å²) < 4.78 is 3.53. The Bertz CT molecular complexity index is 1250. The van der Waals surface area contributed by atoms with Crippen LogP contribution in [-0.4, -0.2) is 39.7 Å². The topological polar surface area (TPSA) is 99.2 Å². The van der Waals surface area contributed by atoms with Crippen molar-refractivity contribution in [1.29, 1.82) is 0 Å². The molecule has 1 aromatic carbocycles. The quantitative estimate of drug-likeness (QED) is 0.528. The highest BCUT2D eigenvalue weighted by Crippen LogP contribution is 2.20. The van der Waals surface area contributed by atoms with Crippen LogP contribution in [0.15, 0.2) is 55.1 Å². The third-order valence-electron chi connectivity index (χ3n) is 4.24. The van der Waals surface area contributed by atoms with E-state index in [9.17, 15) is 0 Å². The maximum atomic E-state index is 4.59. The SMILES string of the molecule is CCn1cc(Nc2ncc3nnn(-c4ccc5ncccc5c4)c3n2)cn1. The van der Waals surface area contributed by atoms with Gasteiger partial charge in [-0.25, -0.2) is 4.98 Å². The Hall–Kier alpha value is -3.88. The summed E-state index contributed by atoms with van der Waals surface area (Å²) in [5.74, 6) is 0.462. The van der Waals surface area contributed by atoms with Crippen molar-refractivity contribution in [3.63, 3.8) is 0 Å². The first-order valence-electron chi connectivity index (χ1n) is 8.53. The lowest BCUT2D eigenvalue weighted by atomic mass is 10.2. The average Bonchev–Trinajstić information content (AvgIpc) is 3.34. The Balaban J connectivity index is 1.56. The van der Waals surface area contributed by atoms with E-state index in [0.29, 0.717) is 17.1 Å². The van der Waals surface area contributed by atoms with Crippen molar-refractivity contribution in [2.45, 2.75) is 13.5 Å². The molecule has 0 saturated heterocycles. The van der Waals surface area contributed by atoms with Crippen LogP contribution >= 0.6 is 0 Å². The average molecular weight is 357 g/mol. The molecular formula is C18H15N9. The summed E-state index contributed by atoms with van der Waals surface area (Å²) in [6.07, 6.45) is 7.07. The molecule has 0 saturated carbocycles. The summed E-state index contributed by atoms with van der Waals surface area (Å²) in [5, 5.41) is 16.8. The Morgan fingerprint density at radius 1 is 1.07 bits per heavy atom. The largest absolute Gasteiger partial charge is 0.321 e. The first-order chi connectivity index (χ1) is 13.3. The summed E-state index contributed by atoms with van der Waals surface area (Å²) in [7, 11) is 0. The van der Waals surface area contributed by atoms with Crippen LogP contribution < -0.4 is 5.32 Å². The summed E-state index contributed by atoms with van der Waals surface area (Å²) in [5.41, 5.74) is 3.86. The Morgan fingerprint density at radius 3 is 2.93 bits per heavy atom. The fourth-order valence-corrected chi connectivity index (χ4v) is 2.89. The number of nitrogens with one attached hydrogen (secondary N) is 1. The van der Waals surface area contributed by atoms with Gasteiger partial charge in [-0.15, -0.1) is 5.10 Å². The summed E-state index contributed by atoms with van der Waals surface area (Å²) >= 11 is 0. The minimum Gasteiger partial charge on any atom is -0.321 e. The molecular weight excluding hydrogens is 342 g/mol. The molecule has 0 unspecified atom stereocenters. The molecule has 132 valence electrons. The van der Waals surface area contributed by atoms with Gasteiger partial charge in [0.15, 0.2) is 11.2 Å². The van der Waals surface area contributed by atoms with Gasteiger partial charge in [0.25, 0.3) is 0 Å². The van der Waals surface area contributed by atoms with Gasteiger partial charge >= 0.3 is 0 Å². The molecule has 0 aliphatic carbocycles. The lowest BCUT2D eigenvalue weighted by molar-refractivity contribution is 0.660. The van der Waals surface area contributed by atoms with E-state index in [1.807, 2.05) is 48.1 Å². The smallest absolute Gasteiger partial charge is 0.229 e. The number of aryl methyl sites for hydroxylation is 1. The number of rotatable bonds is 4. The molecule has 9 nitrogen and oxygen atoms in total. The number of anilines is 2. The van der Waals surface area contributed by atoms with E-state index >= 15 is 0 Å². The van der Waals surface area contributed by atoms with E-state index in [2.05, 4.69) is 35.7 Å². The molecule has 9 heteroatoms. The standard InChI is InChI=1S/C18H15N9/c1-2-26-11-13(9-21-26)22-18-20-10-16-17(23-18)27(25-24-16)14-5-6-15-12(8-14)4-3-7-19-15/h3-11H,2H2,1H3,(H,20,22,23). The first kappa shape index (κ1) is 15.4. The number of hydrogen-bond donors (Lipinski definition) is 1. The van der Waals surface area contributed by atoms with Gasteiger partial charge in [0, 0.05) is 24.3 Å². The van der Waals surface area contributed by atoms with Crippen LogP contribution in [0.4, 0.5) is 11.6 Å². The number of aromatic nitrogens is 8. The van der Waals surface area contributed by atoms with Gasteiger partial charge in [-0.1, -0.05) is 11.3 Å². The number of pyridine rings is 1. The van der Waals surface area contributed by atoms with E-state index in [-0.39, 0.29) is 0 Å². The molecule has 0 aliphatic heterocycles. The minimum absolute atomic E-state index is 0.462. The van der Waals surface area contributed by atoms with Crippen LogP contribution in [-0.2, 0) is 6.54 Å². The monoisotopic (exact) mass is 357 g/mol. The van der Waals surface area contributed by atoms with Gasteiger partial charge in [0.2, 0.25) is 5.95 Å². The van der Waals surface area contributed by atoms with Crippen LogP contribution in [0.5, 0.6) is 0 Å². The Kier molecular flexibility index (Phi) is 3.49. The Morgan fingerprint density at radius 2 is 2.04 bits per heavy atom. The van der Waals surface area contributed by atoms with Gasteiger partial charge in [-0.3, -0.25) is 9.67 Å². The van der Waals surface area contributed by atoms with Crippen molar-refractivity contribution in [1.82, 2.24) is 39.7 Å². The van der Waals surface area contributed by atoms with Gasteiger partial charge in [-0.05, 0) is 31.2 Å². The minimum atomic E-state index is 0.462. The zero-order chi connectivity index (χ0) is 18.2. The molecule has 0 radical (unpaired) electrons. The lowest BCUT2D eigenvalue weighted by Gasteiger charge is -2.05. The molecule has 4 heterocycles. The molecule has 27 heavy (non-hydrogen) atoms. The van der Waals surface area contributed by atoms with Gasteiger partial charge < -0.3 is 5.32 Å². The van der Waals surface area contributed by atoms with Crippen molar-refractivity contribution < 1.29 is 0 Å². The summed E-state index contributed by atoms with van der Waals surface area (Å²) in [4.78, 5) is 13.2. The highest BCUT2D eigenvalue weighted by Gasteiger charge is 2.11. The maximum Gasteiger partial charge on any atom is 0.229 e. The number of nitrogens with zero attached hydrogens (tertiary/aromatic N) is 8. The van der Waals surface area contributed by atoms with Crippen molar-refractivity contribution in [2.75, 3.05) is 5.32 Å². The first-order valence-corrected chi connectivity index (χ1v) is 8.53. The second-order valence-electron chi connectivity index (χ2n) is 5.99. The molecule has 0 atom stereocenters. The zero-order valence-electron chi connectivity index (χ0n) is 14.5. The van der Waals surface area contributed by atoms with Crippen molar-refractivity contribution in [3.05, 3.63) is 55.1 Å². The zero-order valence-corrected chi connectivity index (χ0v) is 14.5. The highest BCUT2D eigenvalue weighted by molar-refractivity contribution is 5.81. The van der Waals surface area contributed by atoms with E-state index < -0.39 is 0 Å². The molecule has 5 rings (SSSR count). The third kappa shape index (κ3) is 2.74. The molecule has 0 fully saturated rings. The third-order valence-corrected chi connectivity index (χ3v) is 4.24. The van der Waals surface area contributed by atoms with Gasteiger partial charge in [-0.2, -0.15) is 14.8 Å². The predicted octanol–water partition coefficient (Wildman–Crippen LogP) is 2.72. The van der Waals surface area contributed by atoms with Crippen molar-refractivity contribution >= 4 is 33.7 Å². The van der Waals surface area contributed by atoms with E-state index in [4.69, 9.17) is 0 Å². The van der Waals surface area contributed by atoms with Crippen LogP contribution in [0.1, 0.15) is 6.92 Å². The van der Waals surface area contributed by atoms with Crippen LogP contribution in [0.3, 0.4) is 0 Å². The highest BCUT2D eigenvalue weighted by atomic mass is 15.4. The van der Waals surface area contributed by atoms with Crippen LogP contribution in [0.2, 0.25) is 0 Å². The van der Waals surface area contributed by atoms with Crippen molar-refractivity contribution in [3.8, 4) is 5.69 Å². The maximum absolute atomic E-state index is 4.59. The molecule has 0 amide bonds. The van der Waals surface area contributed by atoms with Gasteiger partial charge in [0.05, 0.1) is 29.3 Å². The predicted molar refractivity (Wildman–Crippen MR) is 101 cm³/mol. The lowest BCUT2D eigenvalue weighted by Crippen LogP contribution is -2.01. The molecule has 0 spiro atoms. The number of hydrogen-bond acceptors (Lipinski definition) is 7. The summed E-state index contributed by atoms with van der Waals surface area (Å²) in [6, 6.07) is 9.84. The van der Waals surface area contributed by atoms with Crippen LogP contribution in [0.25, 0.3) is 27.8 Å². The second-order valence-corrected chi connectivity index (χ2v) is 5.99. The Labute approximate surface area is 153 Å². The van der Waals surface area contributed by atoms with E-state index in [0.717, 1.165) is 28.8 Å². The van der Waals surface area contributed by atoms with E-state index in [1.165, 1.54) is 0 Å². The van der Waals surface area contributed by atoms with E-state index in [1.54, 1.807) is 23.3 Å². The normalized spacial score (nSPS) is 11.3. The van der Waals surface area contributed by atoms with Crippen LogP contribution in [0, 0.1) is 0 Å². The van der Waals surface area contributed by atoms with Gasteiger partial charge in [0.1, 0.15) is 0 Å². The van der Waals surface area contributed by atoms with Crippen molar-refractivity contribution in [2.24, 2.45) is 0 Å². The molecule has 0 bridgehead atoms. The fourth-order valence-electron chi connectivity index (χ4n) is 2.89. The molecule has 5 aromatic rings. The number of benzene rings is 1. The molecule has 0 aliphatic rings. The molecule has 1 N–H and O–H groups in total. The number of fused-ring (bicyclic) bond motifs is 2. The second kappa shape index (κ2) is 6.13. The summed E-state index contributed by atoms with van der Waals surface area (Å²) in [6.45, 7) is 2.83. The fraction of sp³-hybridized carbons (Fsp3) is 0.111. The molecule has 4 aromatic heterocycles.